The number of anilines is 1. The normalized spacial score (nSPS) is 17.4. The summed E-state index contributed by atoms with van der Waals surface area (Å²) in [6, 6.07) is 0. The molecule has 0 saturated heterocycles. The second-order valence-corrected chi connectivity index (χ2v) is 5.77. The van der Waals surface area contributed by atoms with Gasteiger partial charge in [0.2, 0.25) is 0 Å². The molecule has 104 valence electrons. The van der Waals surface area contributed by atoms with E-state index in [0.29, 0.717) is 22.4 Å². The summed E-state index contributed by atoms with van der Waals surface area (Å²) >= 11 is 3.32. The Balaban J connectivity index is 2.13. The fourth-order valence-corrected chi connectivity index (χ4v) is 2.78. The van der Waals surface area contributed by atoms with E-state index in [1.807, 2.05) is 0 Å². The van der Waals surface area contributed by atoms with Crippen molar-refractivity contribution in [1.82, 2.24) is 4.98 Å². The third-order valence-corrected chi connectivity index (χ3v) is 4.52. The van der Waals surface area contributed by atoms with Crippen LogP contribution in [0.5, 0.6) is 0 Å². The Labute approximate surface area is 119 Å². The van der Waals surface area contributed by atoms with E-state index in [-0.39, 0.29) is 5.69 Å². The number of aromatic nitrogens is 1. The van der Waals surface area contributed by atoms with Gasteiger partial charge < -0.3 is 10.4 Å². The molecule has 2 rings (SSSR count). The number of halogens is 1. The van der Waals surface area contributed by atoms with Gasteiger partial charge in [0.1, 0.15) is 12.0 Å². The van der Waals surface area contributed by atoms with Gasteiger partial charge in [0.05, 0.1) is 15.0 Å². The van der Waals surface area contributed by atoms with Gasteiger partial charge in [-0.25, -0.2) is 4.98 Å². The van der Waals surface area contributed by atoms with Crippen LogP contribution in [0.1, 0.15) is 31.2 Å². The van der Waals surface area contributed by atoms with Crippen LogP contribution >= 0.6 is 15.9 Å². The summed E-state index contributed by atoms with van der Waals surface area (Å²) in [5, 5.41) is 24.1. The van der Waals surface area contributed by atoms with Gasteiger partial charge >= 0.3 is 0 Å². The number of aliphatic hydroxyl groups is 1. The fraction of sp³-hybridized carbons (Fsp3) is 0.583. The molecule has 19 heavy (non-hydrogen) atoms. The van der Waals surface area contributed by atoms with Gasteiger partial charge in [-0.15, -0.1) is 0 Å². The SMILES string of the molecule is Cc1c([N+](=O)[O-])cnc(NCC2(O)CCCC2)c1Br. The number of rotatable bonds is 4. The molecule has 1 aliphatic rings. The molecule has 0 amide bonds. The van der Waals surface area contributed by atoms with Crippen LogP contribution in [-0.4, -0.2) is 27.2 Å². The van der Waals surface area contributed by atoms with E-state index < -0.39 is 10.5 Å². The van der Waals surface area contributed by atoms with E-state index in [2.05, 4.69) is 26.2 Å². The van der Waals surface area contributed by atoms with E-state index in [1.54, 1.807) is 6.92 Å². The molecule has 0 atom stereocenters. The average Bonchev–Trinajstić information content (AvgIpc) is 2.78. The van der Waals surface area contributed by atoms with Crippen LogP contribution in [0, 0.1) is 17.0 Å². The average molecular weight is 330 g/mol. The zero-order valence-corrected chi connectivity index (χ0v) is 12.2. The molecule has 1 heterocycles. The summed E-state index contributed by atoms with van der Waals surface area (Å²) in [7, 11) is 0. The zero-order valence-electron chi connectivity index (χ0n) is 10.6. The number of nitro groups is 1. The molecule has 0 radical (unpaired) electrons. The van der Waals surface area contributed by atoms with Crippen molar-refractivity contribution in [3.05, 3.63) is 26.3 Å². The van der Waals surface area contributed by atoms with Gasteiger partial charge in [-0.3, -0.25) is 10.1 Å². The molecule has 1 aromatic heterocycles. The zero-order chi connectivity index (χ0) is 14.0. The highest BCUT2D eigenvalue weighted by molar-refractivity contribution is 9.10. The summed E-state index contributed by atoms with van der Waals surface area (Å²) < 4.78 is 0.572. The minimum atomic E-state index is -0.684. The highest BCUT2D eigenvalue weighted by atomic mass is 79.9. The molecule has 0 aliphatic heterocycles. The first-order valence-electron chi connectivity index (χ1n) is 6.19. The molecular weight excluding hydrogens is 314 g/mol. The van der Waals surface area contributed by atoms with Crippen LogP contribution in [-0.2, 0) is 0 Å². The smallest absolute Gasteiger partial charge is 0.291 e. The Hall–Kier alpha value is -1.21. The maximum absolute atomic E-state index is 10.8. The number of nitrogens with zero attached hydrogens (tertiary/aromatic N) is 2. The number of hydrogen-bond donors (Lipinski definition) is 2. The molecule has 7 heteroatoms. The Bertz CT molecular complexity index is 501. The van der Waals surface area contributed by atoms with Crippen LogP contribution in [0.2, 0.25) is 0 Å². The van der Waals surface area contributed by atoms with E-state index >= 15 is 0 Å². The quantitative estimate of drug-likeness (QED) is 0.655. The largest absolute Gasteiger partial charge is 0.388 e. The second-order valence-electron chi connectivity index (χ2n) is 4.97. The Morgan fingerprint density at radius 3 is 2.79 bits per heavy atom. The van der Waals surface area contributed by atoms with Gasteiger partial charge in [-0.1, -0.05) is 12.8 Å². The van der Waals surface area contributed by atoms with Crippen LogP contribution < -0.4 is 5.32 Å². The Kier molecular flexibility index (Phi) is 4.05. The maximum atomic E-state index is 10.8. The number of pyridine rings is 1. The monoisotopic (exact) mass is 329 g/mol. The van der Waals surface area contributed by atoms with Crippen molar-refractivity contribution in [2.45, 2.75) is 38.2 Å². The molecule has 1 fully saturated rings. The fourth-order valence-electron chi connectivity index (χ4n) is 2.33. The Morgan fingerprint density at radius 1 is 1.58 bits per heavy atom. The number of hydrogen-bond acceptors (Lipinski definition) is 5. The summed E-state index contributed by atoms with van der Waals surface area (Å²) in [5.74, 6) is 0.531. The summed E-state index contributed by atoms with van der Waals surface area (Å²) in [4.78, 5) is 14.4. The van der Waals surface area contributed by atoms with Crippen molar-refractivity contribution in [1.29, 1.82) is 0 Å². The van der Waals surface area contributed by atoms with E-state index in [9.17, 15) is 15.2 Å². The number of nitrogens with one attached hydrogen (secondary N) is 1. The highest BCUT2D eigenvalue weighted by Crippen LogP contribution is 2.33. The predicted octanol–water partition coefficient (Wildman–Crippen LogP) is 2.78. The minimum Gasteiger partial charge on any atom is -0.388 e. The van der Waals surface area contributed by atoms with Crippen LogP contribution in [0.25, 0.3) is 0 Å². The van der Waals surface area contributed by atoms with E-state index in [4.69, 9.17) is 0 Å². The van der Waals surface area contributed by atoms with Gasteiger partial charge in [-0.05, 0) is 35.7 Å². The summed E-state index contributed by atoms with van der Waals surface area (Å²) in [6.07, 6.45) is 4.87. The lowest BCUT2D eigenvalue weighted by Gasteiger charge is -2.23. The Morgan fingerprint density at radius 2 is 2.21 bits per heavy atom. The second kappa shape index (κ2) is 5.42. The van der Waals surface area contributed by atoms with Crippen molar-refractivity contribution >= 4 is 27.4 Å². The van der Waals surface area contributed by atoms with Crippen LogP contribution in [0.15, 0.2) is 10.7 Å². The molecule has 0 spiro atoms. The molecule has 0 bridgehead atoms. The van der Waals surface area contributed by atoms with Gasteiger partial charge in [-0.2, -0.15) is 0 Å². The molecule has 0 unspecified atom stereocenters. The van der Waals surface area contributed by atoms with Crippen molar-refractivity contribution in [2.24, 2.45) is 0 Å². The topological polar surface area (TPSA) is 88.3 Å². The van der Waals surface area contributed by atoms with E-state index in [0.717, 1.165) is 25.7 Å². The van der Waals surface area contributed by atoms with E-state index in [1.165, 1.54) is 6.20 Å². The van der Waals surface area contributed by atoms with Crippen molar-refractivity contribution < 1.29 is 10.0 Å². The molecule has 1 saturated carbocycles. The lowest BCUT2D eigenvalue weighted by Crippen LogP contribution is -2.33. The third-order valence-electron chi connectivity index (χ3n) is 3.55. The molecule has 6 nitrogen and oxygen atoms in total. The summed E-state index contributed by atoms with van der Waals surface area (Å²) in [6.45, 7) is 2.08. The molecule has 1 aromatic rings. The van der Waals surface area contributed by atoms with Crippen molar-refractivity contribution in [2.75, 3.05) is 11.9 Å². The van der Waals surface area contributed by atoms with Gasteiger partial charge in [0.25, 0.3) is 5.69 Å². The first kappa shape index (κ1) is 14.2. The standard InChI is InChI=1S/C12H16BrN3O3/c1-8-9(16(18)19)6-14-11(10(8)13)15-7-12(17)4-2-3-5-12/h6,17H,2-5,7H2,1H3,(H,14,15). The first-order chi connectivity index (χ1) is 8.93. The molecular formula is C12H16BrN3O3. The molecule has 0 aromatic carbocycles. The summed E-state index contributed by atoms with van der Waals surface area (Å²) in [5.41, 5.74) is -0.172. The first-order valence-corrected chi connectivity index (χ1v) is 6.98. The lowest BCUT2D eigenvalue weighted by molar-refractivity contribution is -0.385. The van der Waals surface area contributed by atoms with Crippen LogP contribution in [0.3, 0.4) is 0 Å². The molecule has 1 aliphatic carbocycles. The lowest BCUT2D eigenvalue weighted by atomic mass is 10.0. The minimum absolute atomic E-state index is 0.0167. The maximum Gasteiger partial charge on any atom is 0.291 e. The predicted molar refractivity (Wildman–Crippen MR) is 75.2 cm³/mol. The highest BCUT2D eigenvalue weighted by Gasteiger charge is 2.31. The van der Waals surface area contributed by atoms with Gasteiger partial charge in [0.15, 0.2) is 0 Å². The van der Waals surface area contributed by atoms with Crippen molar-refractivity contribution in [3.63, 3.8) is 0 Å². The molecule has 2 N–H and O–H groups in total. The third kappa shape index (κ3) is 3.03. The van der Waals surface area contributed by atoms with Crippen molar-refractivity contribution in [3.8, 4) is 0 Å². The van der Waals surface area contributed by atoms with Gasteiger partial charge in [0, 0.05) is 12.1 Å². The van der Waals surface area contributed by atoms with Crippen LogP contribution in [0.4, 0.5) is 11.5 Å².